The Labute approximate surface area is 36.9 Å². The van der Waals surface area contributed by atoms with Gasteiger partial charge < -0.3 is 14.6 Å². The highest BCUT2D eigenvalue weighted by molar-refractivity contribution is 4.38. The van der Waals surface area contributed by atoms with Crippen LogP contribution in [0.2, 0.25) is 0 Å². The van der Waals surface area contributed by atoms with Gasteiger partial charge in [0, 0.05) is 0 Å². The average molecular weight is 91.1 g/mol. The lowest BCUT2D eigenvalue weighted by molar-refractivity contribution is -0.0580. The van der Waals surface area contributed by atoms with E-state index in [0.29, 0.717) is 0 Å². The third-order valence-electron chi connectivity index (χ3n) is 0.534. The summed E-state index contributed by atoms with van der Waals surface area (Å²) in [4.78, 5) is 0. The minimum Gasteiger partial charge on any atom is -0.366 e. The molecule has 1 rings (SSSR count). The first-order valence-electron chi connectivity index (χ1n) is 2.15. The SMILES string of the molecule is [2H]C1(O)COCO1. The molecule has 3 heteroatoms. The average Bonchev–Trinajstić information content (AvgIpc) is 1.84. The van der Waals surface area contributed by atoms with Crippen LogP contribution in [-0.2, 0) is 9.47 Å². The lowest BCUT2D eigenvalue weighted by Gasteiger charge is -1.90. The smallest absolute Gasteiger partial charge is 0.181 e. The fraction of sp³-hybridized carbons (Fsp3) is 1.00. The van der Waals surface area contributed by atoms with Crippen molar-refractivity contribution in [1.82, 2.24) is 0 Å². The van der Waals surface area contributed by atoms with E-state index in [1.54, 1.807) is 0 Å². The zero-order valence-corrected chi connectivity index (χ0v) is 3.18. The Morgan fingerprint density at radius 2 is 2.83 bits per heavy atom. The van der Waals surface area contributed by atoms with E-state index in [-0.39, 0.29) is 13.4 Å². The molecule has 0 spiro atoms. The topological polar surface area (TPSA) is 38.7 Å². The monoisotopic (exact) mass is 91.0 g/mol. The van der Waals surface area contributed by atoms with E-state index in [2.05, 4.69) is 9.47 Å². The van der Waals surface area contributed by atoms with Gasteiger partial charge in [-0.05, 0) is 0 Å². The van der Waals surface area contributed by atoms with Crippen molar-refractivity contribution < 1.29 is 16.0 Å². The molecule has 1 N–H and O–H groups in total. The predicted octanol–water partition coefficient (Wildman–Crippen LogP) is -0.691. The molecule has 1 aliphatic heterocycles. The van der Waals surface area contributed by atoms with Crippen molar-refractivity contribution in [3.8, 4) is 0 Å². The van der Waals surface area contributed by atoms with Crippen molar-refractivity contribution in [2.24, 2.45) is 0 Å². The molecule has 1 unspecified atom stereocenters. The molecule has 0 aliphatic carbocycles. The minimum atomic E-state index is -1.78. The standard InChI is InChI=1S/C3H6O3/c4-3-1-5-2-6-3/h3-4H,1-2H2/i3D. The molecule has 0 radical (unpaired) electrons. The molecule has 36 valence electrons. The Bertz CT molecular complexity index is 64.6. The molecule has 0 aromatic heterocycles. The fourth-order valence-electron chi connectivity index (χ4n) is 0.280. The normalized spacial score (nSPS) is 49.2. The van der Waals surface area contributed by atoms with Gasteiger partial charge in [-0.25, -0.2) is 0 Å². The van der Waals surface area contributed by atoms with Crippen LogP contribution in [0.15, 0.2) is 0 Å². The summed E-state index contributed by atoms with van der Waals surface area (Å²) in [7, 11) is 0. The summed E-state index contributed by atoms with van der Waals surface area (Å²) in [6.07, 6.45) is -1.78. The van der Waals surface area contributed by atoms with Crippen LogP contribution in [-0.4, -0.2) is 24.8 Å². The molecular weight excluding hydrogens is 84.0 g/mol. The Morgan fingerprint density at radius 3 is 3.00 bits per heavy atom. The van der Waals surface area contributed by atoms with Crippen LogP contribution < -0.4 is 0 Å². The predicted molar refractivity (Wildman–Crippen MR) is 17.9 cm³/mol. The number of aliphatic hydroxyl groups is 1. The first-order chi connectivity index (χ1) is 3.21. The summed E-state index contributed by atoms with van der Waals surface area (Å²) < 4.78 is 15.5. The number of ether oxygens (including phenoxy) is 2. The molecule has 0 amide bonds. The molecule has 0 aromatic rings. The summed E-state index contributed by atoms with van der Waals surface area (Å²) in [6, 6.07) is 0. The van der Waals surface area contributed by atoms with Gasteiger partial charge in [0.1, 0.15) is 13.4 Å². The zero-order valence-electron chi connectivity index (χ0n) is 4.18. The van der Waals surface area contributed by atoms with Crippen molar-refractivity contribution in [2.75, 3.05) is 13.4 Å². The third-order valence-corrected chi connectivity index (χ3v) is 0.534. The fourth-order valence-corrected chi connectivity index (χ4v) is 0.280. The van der Waals surface area contributed by atoms with Gasteiger partial charge in [-0.15, -0.1) is 0 Å². The van der Waals surface area contributed by atoms with Gasteiger partial charge in [0.05, 0.1) is 1.37 Å². The van der Waals surface area contributed by atoms with Gasteiger partial charge in [0.2, 0.25) is 0 Å². The Balaban J connectivity index is 2.40. The van der Waals surface area contributed by atoms with E-state index in [9.17, 15) is 0 Å². The van der Waals surface area contributed by atoms with Gasteiger partial charge in [-0.2, -0.15) is 0 Å². The van der Waals surface area contributed by atoms with Crippen LogP contribution in [0.25, 0.3) is 0 Å². The van der Waals surface area contributed by atoms with Crippen LogP contribution in [0.5, 0.6) is 0 Å². The second kappa shape index (κ2) is 1.55. The zero-order chi connectivity index (χ0) is 5.33. The van der Waals surface area contributed by atoms with Gasteiger partial charge in [0.15, 0.2) is 6.27 Å². The Hall–Kier alpha value is -0.120. The van der Waals surface area contributed by atoms with E-state index >= 15 is 0 Å². The quantitative estimate of drug-likeness (QED) is 0.429. The molecule has 0 aromatic carbocycles. The third kappa shape index (κ3) is 0.680. The molecule has 1 fully saturated rings. The second-order valence-electron chi connectivity index (χ2n) is 1.00. The summed E-state index contributed by atoms with van der Waals surface area (Å²) in [5.41, 5.74) is 0. The van der Waals surface area contributed by atoms with Gasteiger partial charge in [0.25, 0.3) is 0 Å². The summed E-state index contributed by atoms with van der Waals surface area (Å²) in [6.45, 7) is -0.0208. The molecule has 1 atom stereocenters. The van der Waals surface area contributed by atoms with Crippen molar-refractivity contribution >= 4 is 0 Å². The largest absolute Gasteiger partial charge is 0.366 e. The lowest BCUT2D eigenvalue weighted by atomic mass is 10.7. The number of hydrogen-bond donors (Lipinski definition) is 1. The lowest BCUT2D eigenvalue weighted by Crippen LogP contribution is -2.05. The first-order valence-corrected chi connectivity index (χ1v) is 1.65. The molecule has 1 aliphatic rings. The molecule has 0 bridgehead atoms. The van der Waals surface area contributed by atoms with Gasteiger partial charge >= 0.3 is 0 Å². The van der Waals surface area contributed by atoms with E-state index in [0.717, 1.165) is 0 Å². The molecular formula is C3H6O3. The van der Waals surface area contributed by atoms with Crippen molar-refractivity contribution in [1.29, 1.82) is 0 Å². The van der Waals surface area contributed by atoms with Crippen LogP contribution >= 0.6 is 0 Å². The van der Waals surface area contributed by atoms with Crippen LogP contribution in [0.1, 0.15) is 1.37 Å². The first kappa shape index (κ1) is 2.96. The number of rotatable bonds is 0. The number of hydrogen-bond acceptors (Lipinski definition) is 3. The van der Waals surface area contributed by atoms with E-state index in [4.69, 9.17) is 6.48 Å². The minimum absolute atomic E-state index is 0.0278. The second-order valence-corrected chi connectivity index (χ2v) is 1.00. The maximum absolute atomic E-state index is 8.51. The van der Waals surface area contributed by atoms with Gasteiger partial charge in [-0.3, -0.25) is 0 Å². The summed E-state index contributed by atoms with van der Waals surface area (Å²) in [5.74, 6) is 0. The van der Waals surface area contributed by atoms with Crippen LogP contribution in [0.3, 0.4) is 0 Å². The maximum Gasteiger partial charge on any atom is 0.181 e. The molecule has 3 nitrogen and oxygen atoms in total. The Morgan fingerprint density at radius 1 is 2.00 bits per heavy atom. The van der Waals surface area contributed by atoms with Gasteiger partial charge in [-0.1, -0.05) is 0 Å². The molecule has 1 heterocycles. The van der Waals surface area contributed by atoms with Crippen molar-refractivity contribution in [3.05, 3.63) is 0 Å². The molecule has 1 saturated heterocycles. The highest BCUT2D eigenvalue weighted by atomic mass is 16.8. The molecule has 6 heavy (non-hydrogen) atoms. The summed E-state index contributed by atoms with van der Waals surface area (Å²) in [5, 5.41) is 8.51. The highest BCUT2D eigenvalue weighted by Crippen LogP contribution is 1.96. The van der Waals surface area contributed by atoms with E-state index in [1.165, 1.54) is 0 Å². The highest BCUT2D eigenvalue weighted by Gasteiger charge is 2.09. The molecule has 0 saturated carbocycles. The van der Waals surface area contributed by atoms with E-state index < -0.39 is 6.27 Å². The Kier molecular flexibility index (Phi) is 0.765. The maximum atomic E-state index is 8.51. The summed E-state index contributed by atoms with van der Waals surface area (Å²) >= 11 is 0. The van der Waals surface area contributed by atoms with E-state index in [1.807, 2.05) is 0 Å². The van der Waals surface area contributed by atoms with Crippen molar-refractivity contribution in [3.63, 3.8) is 0 Å². The van der Waals surface area contributed by atoms with Crippen molar-refractivity contribution in [2.45, 2.75) is 6.27 Å². The van der Waals surface area contributed by atoms with Crippen LogP contribution in [0, 0.1) is 0 Å². The van der Waals surface area contributed by atoms with Crippen LogP contribution in [0.4, 0.5) is 0 Å².